The van der Waals surface area contributed by atoms with E-state index in [0.29, 0.717) is 5.82 Å². The van der Waals surface area contributed by atoms with Gasteiger partial charge in [0.05, 0.1) is 11.4 Å². The number of rotatable bonds is 11. The van der Waals surface area contributed by atoms with E-state index in [2.05, 4.69) is 291 Å². The van der Waals surface area contributed by atoms with Crippen molar-refractivity contribution < 1.29 is 0 Å². The van der Waals surface area contributed by atoms with Crippen LogP contribution in [0.15, 0.2) is 291 Å². The van der Waals surface area contributed by atoms with Crippen molar-refractivity contribution in [3.8, 4) is 123 Å². The van der Waals surface area contributed by atoms with Crippen molar-refractivity contribution in [3.05, 3.63) is 291 Å². The number of aromatic nitrogens is 2. The summed E-state index contributed by atoms with van der Waals surface area (Å²) in [5.74, 6) is 0.646. The molecule has 0 aliphatic heterocycles. The van der Waals surface area contributed by atoms with E-state index in [-0.39, 0.29) is 0 Å². The van der Waals surface area contributed by atoms with Crippen molar-refractivity contribution in [1.82, 2.24) is 9.97 Å². The first-order chi connectivity index (χ1) is 35.7. The van der Waals surface area contributed by atoms with Crippen LogP contribution in [0, 0.1) is 0 Å². The quantitative estimate of drug-likeness (QED) is 0.129. The second kappa shape index (κ2) is 19.8. The summed E-state index contributed by atoms with van der Waals surface area (Å²) in [6.07, 6.45) is 0. The standard InChI is InChI=1S/C70H48N2/c1-8-26-49(27-9-1)56-40-24-41-57(46-56)62-48-63(61-45-23-22-44-60(61)50-28-10-2-11-29-50)72-70(71-62)59-43-25-42-58(47-59)69-67(54-36-18-6-19-37-54)65(52-32-14-4-15-33-52)64(51-30-12-3-13-31-51)66(53-34-16-5-17-35-53)68(69)55-38-20-7-21-39-55/h1-48H. The maximum Gasteiger partial charge on any atom is 0.160 e. The van der Waals surface area contributed by atoms with Gasteiger partial charge in [-0.1, -0.05) is 273 Å². The Bertz CT molecular complexity index is 3700. The fourth-order valence-electron chi connectivity index (χ4n) is 10.2. The summed E-state index contributed by atoms with van der Waals surface area (Å²) in [5.41, 5.74) is 22.9. The first kappa shape index (κ1) is 43.8. The molecule has 0 spiro atoms. The van der Waals surface area contributed by atoms with Crippen LogP contribution in [0.4, 0.5) is 0 Å². The van der Waals surface area contributed by atoms with Crippen molar-refractivity contribution >= 4 is 0 Å². The zero-order valence-electron chi connectivity index (χ0n) is 39.6. The first-order valence-electron chi connectivity index (χ1n) is 24.6. The van der Waals surface area contributed by atoms with E-state index in [1.54, 1.807) is 0 Å². The van der Waals surface area contributed by atoms with Crippen molar-refractivity contribution in [2.24, 2.45) is 0 Å². The van der Waals surface area contributed by atoms with Crippen LogP contribution in [0.3, 0.4) is 0 Å². The van der Waals surface area contributed by atoms with Gasteiger partial charge in [0.1, 0.15) is 0 Å². The van der Waals surface area contributed by atoms with Gasteiger partial charge in [0.2, 0.25) is 0 Å². The van der Waals surface area contributed by atoms with Crippen LogP contribution in [0.1, 0.15) is 0 Å². The van der Waals surface area contributed by atoms with Crippen molar-refractivity contribution in [2.75, 3.05) is 0 Å². The zero-order valence-corrected chi connectivity index (χ0v) is 39.6. The Kier molecular flexibility index (Phi) is 12.1. The fraction of sp³-hybridized carbons (Fsp3) is 0. The van der Waals surface area contributed by atoms with E-state index in [1.165, 1.54) is 16.7 Å². The third-order valence-corrected chi connectivity index (χ3v) is 13.5. The van der Waals surface area contributed by atoms with Gasteiger partial charge in [-0.2, -0.15) is 0 Å². The number of hydrogen-bond donors (Lipinski definition) is 0. The molecule has 2 heteroatoms. The molecule has 0 saturated carbocycles. The Morgan fingerprint density at radius 1 is 0.167 bits per heavy atom. The summed E-state index contributed by atoms with van der Waals surface area (Å²) in [5, 5.41) is 0. The summed E-state index contributed by atoms with van der Waals surface area (Å²) in [6, 6.07) is 104. The molecule has 0 unspecified atom stereocenters. The maximum absolute atomic E-state index is 5.54. The van der Waals surface area contributed by atoms with Crippen LogP contribution in [-0.2, 0) is 0 Å². The van der Waals surface area contributed by atoms with Crippen molar-refractivity contribution in [2.45, 2.75) is 0 Å². The van der Waals surface area contributed by atoms with Gasteiger partial charge >= 0.3 is 0 Å². The van der Waals surface area contributed by atoms with E-state index >= 15 is 0 Å². The van der Waals surface area contributed by atoms with E-state index in [1.807, 2.05) is 0 Å². The molecule has 1 aromatic heterocycles. The Morgan fingerprint density at radius 2 is 0.458 bits per heavy atom. The highest BCUT2D eigenvalue weighted by molar-refractivity contribution is 6.15. The lowest BCUT2D eigenvalue weighted by atomic mass is 9.74. The molecule has 0 aliphatic rings. The lowest BCUT2D eigenvalue weighted by Gasteiger charge is -2.29. The maximum atomic E-state index is 5.54. The molecule has 0 N–H and O–H groups in total. The molecule has 12 aromatic rings. The second-order valence-electron chi connectivity index (χ2n) is 18.0. The van der Waals surface area contributed by atoms with E-state index in [4.69, 9.17) is 9.97 Å². The molecule has 0 radical (unpaired) electrons. The van der Waals surface area contributed by atoms with Crippen molar-refractivity contribution in [3.63, 3.8) is 0 Å². The largest absolute Gasteiger partial charge is 0.228 e. The Morgan fingerprint density at radius 3 is 0.903 bits per heavy atom. The minimum absolute atomic E-state index is 0.646. The number of benzene rings is 11. The predicted molar refractivity (Wildman–Crippen MR) is 302 cm³/mol. The lowest BCUT2D eigenvalue weighted by molar-refractivity contribution is 1.18. The predicted octanol–water partition coefficient (Wildman–Crippen LogP) is 18.8. The average molecular weight is 917 g/mol. The van der Waals surface area contributed by atoms with Crippen LogP contribution < -0.4 is 0 Å². The molecule has 0 bridgehead atoms. The average Bonchev–Trinajstić information content (AvgIpc) is 3.48. The van der Waals surface area contributed by atoms with Gasteiger partial charge < -0.3 is 0 Å². The van der Waals surface area contributed by atoms with Crippen LogP contribution in [0.2, 0.25) is 0 Å². The molecular weight excluding hydrogens is 869 g/mol. The molecule has 72 heavy (non-hydrogen) atoms. The highest BCUT2D eigenvalue weighted by Crippen LogP contribution is 2.56. The molecule has 0 amide bonds. The monoisotopic (exact) mass is 916 g/mol. The van der Waals surface area contributed by atoms with Crippen LogP contribution in [0.5, 0.6) is 0 Å². The molecule has 0 fully saturated rings. The minimum Gasteiger partial charge on any atom is -0.228 e. The summed E-state index contributed by atoms with van der Waals surface area (Å²) < 4.78 is 0. The highest BCUT2D eigenvalue weighted by atomic mass is 14.9. The van der Waals surface area contributed by atoms with Crippen molar-refractivity contribution in [1.29, 1.82) is 0 Å². The van der Waals surface area contributed by atoms with E-state index in [9.17, 15) is 0 Å². The summed E-state index contributed by atoms with van der Waals surface area (Å²) in [6.45, 7) is 0. The topological polar surface area (TPSA) is 25.8 Å². The van der Waals surface area contributed by atoms with Gasteiger partial charge in [-0.05, 0) is 107 Å². The molecule has 0 saturated heterocycles. The normalized spacial score (nSPS) is 11.1. The SMILES string of the molecule is c1ccc(-c2cccc(-c3cc(-c4ccccc4-c4ccccc4)nc(-c4cccc(-c5c(-c6ccccc6)c(-c6ccccc6)c(-c6ccccc6)c(-c6ccccc6)c5-c5ccccc5)c4)n3)c2)cc1. The van der Waals surface area contributed by atoms with Crippen LogP contribution in [-0.4, -0.2) is 9.97 Å². The number of hydrogen-bond acceptors (Lipinski definition) is 2. The van der Waals surface area contributed by atoms with Gasteiger partial charge in [-0.15, -0.1) is 0 Å². The smallest absolute Gasteiger partial charge is 0.160 e. The molecule has 2 nitrogen and oxygen atoms in total. The molecule has 0 atom stereocenters. The Labute approximate surface area is 421 Å². The van der Waals surface area contributed by atoms with E-state index in [0.717, 1.165) is 100 Å². The van der Waals surface area contributed by atoms with Crippen LogP contribution in [0.25, 0.3) is 123 Å². The minimum atomic E-state index is 0.646. The lowest BCUT2D eigenvalue weighted by Crippen LogP contribution is -2.02. The highest BCUT2D eigenvalue weighted by Gasteiger charge is 2.29. The number of nitrogens with zero attached hydrogens (tertiary/aromatic N) is 2. The zero-order chi connectivity index (χ0) is 48.1. The van der Waals surface area contributed by atoms with Gasteiger partial charge in [-0.3, -0.25) is 0 Å². The first-order valence-corrected chi connectivity index (χ1v) is 24.6. The Hall–Kier alpha value is -9.50. The van der Waals surface area contributed by atoms with Gasteiger partial charge in [0, 0.05) is 16.7 Å². The second-order valence-corrected chi connectivity index (χ2v) is 18.0. The summed E-state index contributed by atoms with van der Waals surface area (Å²) in [4.78, 5) is 11.0. The molecular formula is C70H48N2. The molecule has 11 aromatic carbocycles. The van der Waals surface area contributed by atoms with Gasteiger partial charge in [-0.25, -0.2) is 9.97 Å². The third-order valence-electron chi connectivity index (χ3n) is 13.5. The fourth-order valence-corrected chi connectivity index (χ4v) is 10.2. The molecule has 12 rings (SSSR count). The Balaban J connectivity index is 1.18. The molecule has 1 heterocycles. The summed E-state index contributed by atoms with van der Waals surface area (Å²) in [7, 11) is 0. The van der Waals surface area contributed by atoms with Gasteiger partial charge in [0.25, 0.3) is 0 Å². The third kappa shape index (κ3) is 8.63. The molecule has 338 valence electrons. The van der Waals surface area contributed by atoms with Gasteiger partial charge in [0.15, 0.2) is 5.82 Å². The molecule has 0 aliphatic carbocycles. The van der Waals surface area contributed by atoms with Crippen LogP contribution >= 0.6 is 0 Å². The summed E-state index contributed by atoms with van der Waals surface area (Å²) >= 11 is 0. The van der Waals surface area contributed by atoms with E-state index < -0.39 is 0 Å².